The van der Waals surface area contributed by atoms with Crippen molar-refractivity contribution >= 4 is 24.2 Å². The molecule has 92 valence electrons. The Labute approximate surface area is 116 Å². The molecule has 1 N–H and O–H groups in total. The van der Waals surface area contributed by atoms with Gasteiger partial charge in [0.25, 0.3) is 0 Å². The van der Waals surface area contributed by atoms with Crippen LogP contribution in [0.25, 0.3) is 0 Å². The molecule has 1 aliphatic rings. The van der Waals surface area contributed by atoms with Crippen molar-refractivity contribution in [2.75, 3.05) is 0 Å². The van der Waals surface area contributed by atoms with Crippen LogP contribution < -0.4 is 5.46 Å². The van der Waals surface area contributed by atoms with Gasteiger partial charge in [-0.25, -0.2) is 0 Å². The average Bonchev–Trinajstić information content (AvgIpc) is 2.76. The summed E-state index contributed by atoms with van der Waals surface area (Å²) in [6.07, 6.45) is -0.365. The lowest BCUT2D eigenvalue weighted by Crippen LogP contribution is -2.27. The Balaban J connectivity index is 2.08. The Morgan fingerprint density at radius 2 is 1.95 bits per heavy atom. The molecule has 2 aromatic carbocycles. The lowest BCUT2D eigenvalue weighted by Gasteiger charge is -2.13. The van der Waals surface area contributed by atoms with E-state index in [0.29, 0.717) is 16.0 Å². The third kappa shape index (κ3) is 2.13. The van der Waals surface area contributed by atoms with Gasteiger partial charge in [0.2, 0.25) is 0 Å². The number of nitriles is 1. The molecular formula is C14H9BClNO2. The van der Waals surface area contributed by atoms with E-state index in [1.165, 1.54) is 0 Å². The van der Waals surface area contributed by atoms with Crippen LogP contribution in [0.5, 0.6) is 0 Å². The van der Waals surface area contributed by atoms with Crippen LogP contribution in [0, 0.1) is 11.3 Å². The summed E-state index contributed by atoms with van der Waals surface area (Å²) in [5.74, 6) is 0. The molecule has 0 aliphatic carbocycles. The Morgan fingerprint density at radius 3 is 2.63 bits per heavy atom. The quantitative estimate of drug-likeness (QED) is 0.806. The zero-order valence-electron chi connectivity index (χ0n) is 9.88. The summed E-state index contributed by atoms with van der Waals surface area (Å²) in [5.41, 5.74) is 2.99. The van der Waals surface area contributed by atoms with Gasteiger partial charge >= 0.3 is 7.12 Å². The van der Waals surface area contributed by atoms with E-state index in [0.717, 1.165) is 11.1 Å². The number of benzene rings is 2. The van der Waals surface area contributed by atoms with Gasteiger partial charge in [-0.05, 0) is 40.9 Å². The fourth-order valence-corrected chi connectivity index (χ4v) is 2.39. The van der Waals surface area contributed by atoms with Gasteiger partial charge in [0.05, 0.1) is 17.7 Å². The van der Waals surface area contributed by atoms with E-state index in [4.69, 9.17) is 21.5 Å². The van der Waals surface area contributed by atoms with E-state index in [2.05, 4.69) is 6.07 Å². The maximum Gasteiger partial charge on any atom is 0.492 e. The molecule has 1 aliphatic heterocycles. The molecule has 0 aromatic heterocycles. The molecule has 5 heteroatoms. The van der Waals surface area contributed by atoms with Crippen LogP contribution >= 0.6 is 11.6 Å². The van der Waals surface area contributed by atoms with E-state index in [-0.39, 0.29) is 6.10 Å². The van der Waals surface area contributed by atoms with Crippen molar-refractivity contribution in [3.05, 3.63) is 64.2 Å². The van der Waals surface area contributed by atoms with Crippen molar-refractivity contribution in [1.82, 2.24) is 0 Å². The van der Waals surface area contributed by atoms with Crippen LogP contribution in [-0.4, -0.2) is 12.1 Å². The van der Waals surface area contributed by atoms with Gasteiger partial charge in [-0.3, -0.25) is 0 Å². The second kappa shape index (κ2) is 4.71. The minimum atomic E-state index is -0.955. The normalized spacial score (nSPS) is 17.1. The topological polar surface area (TPSA) is 53.2 Å². The summed E-state index contributed by atoms with van der Waals surface area (Å²) in [4.78, 5) is 0. The zero-order valence-corrected chi connectivity index (χ0v) is 10.6. The molecule has 0 saturated heterocycles. The van der Waals surface area contributed by atoms with E-state index < -0.39 is 7.12 Å². The molecule has 1 heterocycles. The minimum absolute atomic E-state index is 0.365. The molecule has 1 atom stereocenters. The summed E-state index contributed by atoms with van der Waals surface area (Å²) in [7, 11) is -0.955. The monoisotopic (exact) mass is 269 g/mol. The fraction of sp³-hybridized carbons (Fsp3) is 0.0714. The van der Waals surface area contributed by atoms with E-state index >= 15 is 0 Å². The molecule has 0 bridgehead atoms. The lowest BCUT2D eigenvalue weighted by atomic mass is 9.78. The molecule has 0 radical (unpaired) electrons. The number of rotatable bonds is 1. The molecule has 0 amide bonds. The first-order valence-electron chi connectivity index (χ1n) is 5.82. The maximum atomic E-state index is 9.90. The Morgan fingerprint density at radius 1 is 1.21 bits per heavy atom. The van der Waals surface area contributed by atoms with Crippen molar-refractivity contribution in [3.63, 3.8) is 0 Å². The Kier molecular flexibility index (Phi) is 3.04. The van der Waals surface area contributed by atoms with Crippen LogP contribution in [0.2, 0.25) is 5.02 Å². The second-order valence-electron chi connectivity index (χ2n) is 4.38. The Bertz CT molecular complexity index is 666. The van der Waals surface area contributed by atoms with Crippen molar-refractivity contribution in [2.24, 2.45) is 0 Å². The third-order valence-electron chi connectivity index (χ3n) is 3.20. The predicted molar refractivity (Wildman–Crippen MR) is 73.1 cm³/mol. The van der Waals surface area contributed by atoms with Gasteiger partial charge in [-0.1, -0.05) is 29.8 Å². The lowest BCUT2D eigenvalue weighted by molar-refractivity contribution is 0.226. The third-order valence-corrected chi connectivity index (χ3v) is 3.45. The van der Waals surface area contributed by atoms with E-state index in [9.17, 15) is 5.02 Å². The average molecular weight is 269 g/mol. The molecule has 3 rings (SSSR count). The number of hydrogen-bond donors (Lipinski definition) is 1. The van der Waals surface area contributed by atoms with Crippen molar-refractivity contribution in [1.29, 1.82) is 5.26 Å². The highest BCUT2D eigenvalue weighted by molar-refractivity contribution is 6.61. The fourth-order valence-electron chi connectivity index (χ4n) is 2.27. The number of nitrogens with zero attached hydrogens (tertiary/aromatic N) is 1. The first-order valence-corrected chi connectivity index (χ1v) is 6.20. The van der Waals surface area contributed by atoms with Gasteiger partial charge < -0.3 is 9.68 Å². The van der Waals surface area contributed by atoms with Crippen molar-refractivity contribution < 1.29 is 9.68 Å². The summed E-state index contributed by atoms with van der Waals surface area (Å²) in [6.45, 7) is 0. The molecular weight excluding hydrogens is 260 g/mol. The molecule has 0 fully saturated rings. The van der Waals surface area contributed by atoms with Gasteiger partial charge in [0.15, 0.2) is 0 Å². The van der Waals surface area contributed by atoms with Gasteiger partial charge in [0, 0.05) is 5.02 Å². The SMILES string of the molecule is N#Cc1ccc2c(c1)C(c1ccc(Cl)cc1)OB2O. The van der Waals surface area contributed by atoms with Crippen LogP contribution in [0.1, 0.15) is 22.8 Å². The minimum Gasteiger partial charge on any atom is -0.423 e. The largest absolute Gasteiger partial charge is 0.492 e. The zero-order chi connectivity index (χ0) is 13.4. The van der Waals surface area contributed by atoms with Crippen molar-refractivity contribution in [3.8, 4) is 6.07 Å². The van der Waals surface area contributed by atoms with Crippen molar-refractivity contribution in [2.45, 2.75) is 6.10 Å². The number of hydrogen-bond acceptors (Lipinski definition) is 3. The molecule has 0 spiro atoms. The standard InChI is InChI=1S/C14H9BClNO2/c16-11-4-2-10(3-5-11)14-12-7-9(8-17)1-6-13(12)15(18)19-14/h1-7,14,18H. The van der Waals surface area contributed by atoms with Gasteiger partial charge in [-0.2, -0.15) is 5.26 Å². The van der Waals surface area contributed by atoms with Crippen LogP contribution in [-0.2, 0) is 4.65 Å². The summed E-state index contributed by atoms with van der Waals surface area (Å²) in [6, 6.07) is 14.5. The maximum absolute atomic E-state index is 9.90. The Hall–Kier alpha value is -1.80. The highest BCUT2D eigenvalue weighted by Gasteiger charge is 2.35. The van der Waals surface area contributed by atoms with Crippen LogP contribution in [0.15, 0.2) is 42.5 Å². The molecule has 1 unspecified atom stereocenters. The van der Waals surface area contributed by atoms with Gasteiger partial charge in [-0.15, -0.1) is 0 Å². The second-order valence-corrected chi connectivity index (χ2v) is 4.81. The smallest absolute Gasteiger partial charge is 0.423 e. The van der Waals surface area contributed by atoms with Crippen LogP contribution in [0.4, 0.5) is 0 Å². The highest BCUT2D eigenvalue weighted by atomic mass is 35.5. The number of halogens is 1. The molecule has 2 aromatic rings. The number of fused-ring (bicyclic) bond motifs is 1. The molecule has 0 saturated carbocycles. The summed E-state index contributed by atoms with van der Waals surface area (Å²) >= 11 is 5.86. The molecule has 3 nitrogen and oxygen atoms in total. The molecule has 19 heavy (non-hydrogen) atoms. The highest BCUT2D eigenvalue weighted by Crippen LogP contribution is 2.31. The van der Waals surface area contributed by atoms with Gasteiger partial charge in [0.1, 0.15) is 0 Å². The van der Waals surface area contributed by atoms with E-state index in [1.807, 2.05) is 12.1 Å². The van der Waals surface area contributed by atoms with Crippen LogP contribution in [0.3, 0.4) is 0 Å². The first-order chi connectivity index (χ1) is 9.19. The summed E-state index contributed by atoms with van der Waals surface area (Å²) < 4.78 is 5.56. The first kappa shape index (κ1) is 12.2. The predicted octanol–water partition coefficient (Wildman–Crippen LogP) is 2.02. The summed E-state index contributed by atoms with van der Waals surface area (Å²) in [5, 5.41) is 19.5. The van der Waals surface area contributed by atoms with E-state index in [1.54, 1.807) is 30.3 Å².